The van der Waals surface area contributed by atoms with Crippen LogP contribution in [0.15, 0.2) is 35.5 Å². The molecule has 1 aromatic heterocycles. The summed E-state index contributed by atoms with van der Waals surface area (Å²) in [5, 5.41) is 9.21. The van der Waals surface area contributed by atoms with Crippen LogP contribution in [0.1, 0.15) is 24.5 Å². The SMILES string of the molecule is C=CCCC(CO)c1cccc(Br)n1. The summed E-state index contributed by atoms with van der Waals surface area (Å²) in [6, 6.07) is 5.75. The van der Waals surface area contributed by atoms with Gasteiger partial charge < -0.3 is 5.11 Å². The van der Waals surface area contributed by atoms with Crippen LogP contribution in [-0.2, 0) is 0 Å². The summed E-state index contributed by atoms with van der Waals surface area (Å²) in [6.07, 6.45) is 3.66. The van der Waals surface area contributed by atoms with Gasteiger partial charge in [0.05, 0.1) is 6.61 Å². The van der Waals surface area contributed by atoms with E-state index in [1.165, 1.54) is 0 Å². The molecule has 0 aromatic carbocycles. The molecule has 0 saturated heterocycles. The van der Waals surface area contributed by atoms with E-state index in [-0.39, 0.29) is 12.5 Å². The van der Waals surface area contributed by atoms with Gasteiger partial charge in [0.15, 0.2) is 0 Å². The monoisotopic (exact) mass is 255 g/mol. The highest BCUT2D eigenvalue weighted by Crippen LogP contribution is 2.20. The predicted molar refractivity (Wildman–Crippen MR) is 61.2 cm³/mol. The van der Waals surface area contributed by atoms with E-state index in [0.29, 0.717) is 0 Å². The van der Waals surface area contributed by atoms with E-state index < -0.39 is 0 Å². The molecule has 0 saturated carbocycles. The van der Waals surface area contributed by atoms with Gasteiger partial charge in [0.25, 0.3) is 0 Å². The van der Waals surface area contributed by atoms with E-state index in [4.69, 9.17) is 0 Å². The Bertz CT molecular complexity index is 301. The Morgan fingerprint density at radius 1 is 1.57 bits per heavy atom. The largest absolute Gasteiger partial charge is 0.396 e. The number of hydrogen-bond acceptors (Lipinski definition) is 2. The fourth-order valence-electron chi connectivity index (χ4n) is 1.30. The number of aromatic nitrogens is 1. The van der Waals surface area contributed by atoms with Crippen LogP contribution < -0.4 is 0 Å². The summed E-state index contributed by atoms with van der Waals surface area (Å²) in [6.45, 7) is 3.80. The van der Waals surface area contributed by atoms with Crippen molar-refractivity contribution in [3.8, 4) is 0 Å². The van der Waals surface area contributed by atoms with E-state index in [9.17, 15) is 5.11 Å². The number of aliphatic hydroxyl groups excluding tert-OH is 1. The van der Waals surface area contributed by atoms with E-state index >= 15 is 0 Å². The van der Waals surface area contributed by atoms with Crippen LogP contribution in [0.3, 0.4) is 0 Å². The van der Waals surface area contributed by atoms with Crippen LogP contribution in [0.25, 0.3) is 0 Å². The van der Waals surface area contributed by atoms with Crippen molar-refractivity contribution in [1.82, 2.24) is 4.98 Å². The van der Waals surface area contributed by atoms with Crippen molar-refractivity contribution in [2.45, 2.75) is 18.8 Å². The highest BCUT2D eigenvalue weighted by Gasteiger charge is 2.10. The van der Waals surface area contributed by atoms with E-state index in [2.05, 4.69) is 27.5 Å². The molecular weight excluding hydrogens is 242 g/mol. The van der Waals surface area contributed by atoms with Crippen molar-refractivity contribution in [3.63, 3.8) is 0 Å². The lowest BCUT2D eigenvalue weighted by molar-refractivity contribution is 0.257. The minimum Gasteiger partial charge on any atom is -0.396 e. The fraction of sp³-hybridized carbons (Fsp3) is 0.364. The number of hydrogen-bond donors (Lipinski definition) is 1. The van der Waals surface area contributed by atoms with Gasteiger partial charge in [0.2, 0.25) is 0 Å². The molecule has 1 unspecified atom stereocenters. The molecule has 1 heterocycles. The Morgan fingerprint density at radius 2 is 2.36 bits per heavy atom. The average Bonchev–Trinajstić information content (AvgIpc) is 2.19. The summed E-state index contributed by atoms with van der Waals surface area (Å²) in [4.78, 5) is 4.32. The van der Waals surface area contributed by atoms with Crippen molar-refractivity contribution in [2.24, 2.45) is 0 Å². The van der Waals surface area contributed by atoms with Gasteiger partial charge in [-0.2, -0.15) is 0 Å². The molecule has 1 aromatic rings. The first-order valence-electron chi connectivity index (χ1n) is 4.62. The first-order valence-corrected chi connectivity index (χ1v) is 5.41. The van der Waals surface area contributed by atoms with Crippen molar-refractivity contribution in [1.29, 1.82) is 0 Å². The molecule has 0 radical (unpaired) electrons. The van der Waals surface area contributed by atoms with Crippen molar-refractivity contribution in [3.05, 3.63) is 41.2 Å². The Morgan fingerprint density at radius 3 is 2.93 bits per heavy atom. The van der Waals surface area contributed by atoms with Crippen molar-refractivity contribution >= 4 is 15.9 Å². The molecule has 3 heteroatoms. The van der Waals surface area contributed by atoms with Crippen LogP contribution in [0, 0.1) is 0 Å². The Balaban J connectivity index is 2.72. The molecule has 0 aliphatic heterocycles. The summed E-state index contributed by atoms with van der Waals surface area (Å²) in [7, 11) is 0. The maximum absolute atomic E-state index is 9.21. The third kappa shape index (κ3) is 3.24. The third-order valence-electron chi connectivity index (χ3n) is 2.09. The summed E-state index contributed by atoms with van der Waals surface area (Å²) < 4.78 is 0.812. The molecular formula is C11H14BrNO. The van der Waals surface area contributed by atoms with Crippen LogP contribution in [-0.4, -0.2) is 16.7 Å². The number of rotatable bonds is 5. The lowest BCUT2D eigenvalue weighted by Crippen LogP contribution is -2.06. The molecule has 1 rings (SSSR count). The zero-order valence-corrected chi connectivity index (χ0v) is 9.57. The van der Waals surface area contributed by atoms with Crippen LogP contribution in [0.4, 0.5) is 0 Å². The second-order valence-corrected chi connectivity index (χ2v) is 3.94. The van der Waals surface area contributed by atoms with E-state index in [1.807, 2.05) is 24.3 Å². The summed E-state index contributed by atoms with van der Waals surface area (Å²) in [5.74, 6) is 0.116. The maximum atomic E-state index is 9.21. The molecule has 0 aliphatic rings. The second-order valence-electron chi connectivity index (χ2n) is 3.13. The standard InChI is InChI=1S/C11H14BrNO/c1-2-3-5-9(8-14)10-6-4-7-11(12)13-10/h2,4,6-7,9,14H,1,3,5,8H2. The Labute approximate surface area is 92.8 Å². The summed E-state index contributed by atoms with van der Waals surface area (Å²) >= 11 is 3.31. The van der Waals surface area contributed by atoms with Gasteiger partial charge in [-0.15, -0.1) is 6.58 Å². The molecule has 76 valence electrons. The molecule has 0 bridgehead atoms. The maximum Gasteiger partial charge on any atom is 0.106 e. The molecule has 1 N–H and O–H groups in total. The number of halogens is 1. The van der Waals surface area contributed by atoms with Gasteiger partial charge in [-0.3, -0.25) is 0 Å². The molecule has 2 nitrogen and oxygen atoms in total. The van der Waals surface area contributed by atoms with E-state index in [0.717, 1.165) is 23.1 Å². The normalized spacial score (nSPS) is 12.4. The summed E-state index contributed by atoms with van der Waals surface area (Å²) in [5.41, 5.74) is 0.934. The molecule has 0 aliphatic carbocycles. The average molecular weight is 256 g/mol. The van der Waals surface area contributed by atoms with Gasteiger partial charge in [-0.25, -0.2) is 4.98 Å². The highest BCUT2D eigenvalue weighted by atomic mass is 79.9. The topological polar surface area (TPSA) is 33.1 Å². The molecule has 0 spiro atoms. The zero-order chi connectivity index (χ0) is 10.4. The first-order chi connectivity index (χ1) is 6.77. The number of nitrogens with zero attached hydrogens (tertiary/aromatic N) is 1. The minimum absolute atomic E-state index is 0.116. The molecule has 14 heavy (non-hydrogen) atoms. The lowest BCUT2D eigenvalue weighted by Gasteiger charge is -2.12. The van der Waals surface area contributed by atoms with Crippen LogP contribution in [0.2, 0.25) is 0 Å². The van der Waals surface area contributed by atoms with Crippen LogP contribution >= 0.6 is 15.9 Å². The van der Waals surface area contributed by atoms with Gasteiger partial charge in [-0.1, -0.05) is 12.1 Å². The third-order valence-corrected chi connectivity index (χ3v) is 2.54. The quantitative estimate of drug-likeness (QED) is 0.649. The van der Waals surface area contributed by atoms with Crippen molar-refractivity contribution < 1.29 is 5.11 Å². The van der Waals surface area contributed by atoms with Gasteiger partial charge in [0.1, 0.15) is 4.60 Å². The first kappa shape index (κ1) is 11.4. The molecule has 0 amide bonds. The number of pyridine rings is 1. The Hall–Kier alpha value is -0.670. The number of allylic oxidation sites excluding steroid dienone is 1. The van der Waals surface area contributed by atoms with Crippen LogP contribution in [0.5, 0.6) is 0 Å². The van der Waals surface area contributed by atoms with E-state index in [1.54, 1.807) is 0 Å². The minimum atomic E-state index is 0.116. The highest BCUT2D eigenvalue weighted by molar-refractivity contribution is 9.10. The second kappa shape index (κ2) is 5.94. The zero-order valence-electron chi connectivity index (χ0n) is 7.99. The van der Waals surface area contributed by atoms with Gasteiger partial charge >= 0.3 is 0 Å². The smallest absolute Gasteiger partial charge is 0.106 e. The molecule has 0 fully saturated rings. The predicted octanol–water partition coefficient (Wildman–Crippen LogP) is 2.89. The van der Waals surface area contributed by atoms with Gasteiger partial charge in [0, 0.05) is 11.6 Å². The van der Waals surface area contributed by atoms with Gasteiger partial charge in [-0.05, 0) is 40.9 Å². The van der Waals surface area contributed by atoms with Crippen molar-refractivity contribution in [2.75, 3.05) is 6.61 Å². The number of aliphatic hydroxyl groups is 1. The lowest BCUT2D eigenvalue weighted by atomic mass is 10.00. The fourth-order valence-corrected chi connectivity index (χ4v) is 1.66. The Kier molecular flexibility index (Phi) is 4.84. The molecule has 1 atom stereocenters.